The second-order valence-electron chi connectivity index (χ2n) is 2.47. The molecule has 0 radical (unpaired) electrons. The zero-order chi connectivity index (χ0) is 9.68. The highest BCUT2D eigenvalue weighted by molar-refractivity contribution is 5.85. The van der Waals surface area contributed by atoms with Crippen molar-refractivity contribution in [1.82, 2.24) is 0 Å². The van der Waals surface area contributed by atoms with Gasteiger partial charge in [0.1, 0.15) is 12.4 Å². The summed E-state index contributed by atoms with van der Waals surface area (Å²) in [5, 5.41) is 9.17. The molecule has 4 nitrogen and oxygen atoms in total. The van der Waals surface area contributed by atoms with Crippen molar-refractivity contribution in [3.05, 3.63) is 18.2 Å². The van der Waals surface area contributed by atoms with Crippen molar-refractivity contribution in [2.24, 2.45) is 5.73 Å². The van der Waals surface area contributed by atoms with Crippen LogP contribution in [0.2, 0.25) is 0 Å². The topological polar surface area (TPSA) is 64.7 Å². The maximum atomic E-state index is 9.17. The maximum absolute atomic E-state index is 9.17. The van der Waals surface area contributed by atoms with E-state index in [1.165, 1.54) is 12.1 Å². The van der Waals surface area contributed by atoms with Crippen molar-refractivity contribution in [3.63, 3.8) is 0 Å². The summed E-state index contributed by atoms with van der Waals surface area (Å²) in [5.41, 5.74) is 5.28. The van der Waals surface area contributed by atoms with Gasteiger partial charge in [0.2, 0.25) is 0 Å². The summed E-state index contributed by atoms with van der Waals surface area (Å²) in [7, 11) is 1.54. The molecule has 0 saturated heterocycles. The smallest absolute Gasteiger partial charge is 0.164 e. The average molecular weight is 220 g/mol. The average Bonchev–Trinajstić information content (AvgIpc) is 2.15. The van der Waals surface area contributed by atoms with Crippen LogP contribution in [0.25, 0.3) is 0 Å². The molecule has 14 heavy (non-hydrogen) atoms. The molecule has 0 aromatic heterocycles. The van der Waals surface area contributed by atoms with Crippen LogP contribution in [0.4, 0.5) is 0 Å². The van der Waals surface area contributed by atoms with Crippen molar-refractivity contribution in [3.8, 4) is 17.2 Å². The molecule has 0 bridgehead atoms. The standard InChI is InChI=1S/C9H13NO3.ClH/c1-12-8-3-2-7(11)6-9(8)13-5-4-10;/h2-3,6,11H,4-5,10H2,1H3;1H. The highest BCUT2D eigenvalue weighted by Gasteiger charge is 2.04. The first-order valence-electron chi connectivity index (χ1n) is 3.98. The van der Waals surface area contributed by atoms with Crippen LogP contribution in [0.1, 0.15) is 0 Å². The van der Waals surface area contributed by atoms with Crippen molar-refractivity contribution in [2.75, 3.05) is 20.3 Å². The van der Waals surface area contributed by atoms with Gasteiger partial charge in [-0.15, -0.1) is 12.4 Å². The minimum Gasteiger partial charge on any atom is -0.508 e. The van der Waals surface area contributed by atoms with E-state index in [1.807, 2.05) is 0 Å². The van der Waals surface area contributed by atoms with Crippen LogP contribution in [0, 0.1) is 0 Å². The summed E-state index contributed by atoms with van der Waals surface area (Å²) in [6.45, 7) is 0.832. The first kappa shape index (κ1) is 12.9. The third kappa shape index (κ3) is 3.32. The summed E-state index contributed by atoms with van der Waals surface area (Å²) < 4.78 is 10.3. The highest BCUT2D eigenvalue weighted by atomic mass is 35.5. The van der Waals surface area contributed by atoms with Crippen LogP contribution in [-0.4, -0.2) is 25.4 Å². The van der Waals surface area contributed by atoms with Gasteiger partial charge in [0.05, 0.1) is 7.11 Å². The molecule has 0 heterocycles. The van der Waals surface area contributed by atoms with Gasteiger partial charge in [0, 0.05) is 12.6 Å². The predicted molar refractivity (Wildman–Crippen MR) is 56.5 cm³/mol. The Morgan fingerprint density at radius 1 is 1.36 bits per heavy atom. The summed E-state index contributed by atoms with van der Waals surface area (Å²) in [5.74, 6) is 1.24. The van der Waals surface area contributed by atoms with Crippen molar-refractivity contribution in [2.45, 2.75) is 0 Å². The fourth-order valence-electron chi connectivity index (χ4n) is 0.947. The second kappa shape index (κ2) is 6.34. The number of ether oxygens (including phenoxy) is 2. The van der Waals surface area contributed by atoms with Crippen LogP contribution in [-0.2, 0) is 0 Å². The molecule has 0 aliphatic heterocycles. The summed E-state index contributed by atoms with van der Waals surface area (Å²) in [6.07, 6.45) is 0. The molecule has 0 spiro atoms. The van der Waals surface area contributed by atoms with Gasteiger partial charge < -0.3 is 20.3 Å². The fourth-order valence-corrected chi connectivity index (χ4v) is 0.947. The van der Waals surface area contributed by atoms with Gasteiger partial charge in [-0.2, -0.15) is 0 Å². The Morgan fingerprint density at radius 3 is 2.64 bits per heavy atom. The van der Waals surface area contributed by atoms with E-state index in [9.17, 15) is 0 Å². The molecular weight excluding hydrogens is 206 g/mol. The molecule has 0 atom stereocenters. The largest absolute Gasteiger partial charge is 0.508 e. The number of benzene rings is 1. The Morgan fingerprint density at radius 2 is 2.07 bits per heavy atom. The van der Waals surface area contributed by atoms with Crippen molar-refractivity contribution in [1.29, 1.82) is 0 Å². The Kier molecular flexibility index (Phi) is 5.83. The number of hydrogen-bond donors (Lipinski definition) is 2. The molecule has 0 fully saturated rings. The molecule has 0 saturated carbocycles. The van der Waals surface area contributed by atoms with E-state index < -0.39 is 0 Å². The van der Waals surface area contributed by atoms with Gasteiger partial charge in [-0.25, -0.2) is 0 Å². The van der Waals surface area contributed by atoms with Crippen LogP contribution in [0.3, 0.4) is 0 Å². The van der Waals surface area contributed by atoms with E-state index in [0.717, 1.165) is 0 Å². The number of methoxy groups -OCH3 is 1. The lowest BCUT2D eigenvalue weighted by atomic mass is 10.3. The van der Waals surface area contributed by atoms with Gasteiger partial charge >= 0.3 is 0 Å². The lowest BCUT2D eigenvalue weighted by Gasteiger charge is -2.09. The van der Waals surface area contributed by atoms with Crippen LogP contribution in [0.15, 0.2) is 18.2 Å². The molecule has 80 valence electrons. The van der Waals surface area contributed by atoms with E-state index in [-0.39, 0.29) is 18.2 Å². The van der Waals surface area contributed by atoms with Crippen LogP contribution in [0.5, 0.6) is 17.2 Å². The highest BCUT2D eigenvalue weighted by Crippen LogP contribution is 2.30. The lowest BCUT2D eigenvalue weighted by Crippen LogP contribution is -2.10. The third-order valence-corrected chi connectivity index (χ3v) is 1.52. The number of aromatic hydroxyl groups is 1. The second-order valence-corrected chi connectivity index (χ2v) is 2.47. The number of halogens is 1. The Labute approximate surface area is 89.0 Å². The summed E-state index contributed by atoms with van der Waals surface area (Å²) >= 11 is 0. The molecule has 0 aliphatic rings. The van der Waals surface area contributed by atoms with Crippen LogP contribution < -0.4 is 15.2 Å². The molecular formula is C9H14ClNO3. The quantitative estimate of drug-likeness (QED) is 0.798. The SMILES string of the molecule is COc1ccc(O)cc1OCCN.Cl. The van der Waals surface area contributed by atoms with E-state index in [2.05, 4.69) is 0 Å². The molecule has 1 rings (SSSR count). The third-order valence-electron chi connectivity index (χ3n) is 1.52. The number of rotatable bonds is 4. The zero-order valence-corrected chi connectivity index (χ0v) is 8.71. The first-order chi connectivity index (χ1) is 6.27. The van der Waals surface area contributed by atoms with Crippen molar-refractivity contribution < 1.29 is 14.6 Å². The van der Waals surface area contributed by atoms with Gasteiger partial charge in [0.25, 0.3) is 0 Å². The lowest BCUT2D eigenvalue weighted by molar-refractivity contribution is 0.300. The number of hydrogen-bond acceptors (Lipinski definition) is 4. The zero-order valence-electron chi connectivity index (χ0n) is 7.90. The van der Waals surface area contributed by atoms with Crippen molar-refractivity contribution >= 4 is 12.4 Å². The Balaban J connectivity index is 0.00000169. The summed E-state index contributed by atoms with van der Waals surface area (Å²) in [4.78, 5) is 0. The molecule has 5 heteroatoms. The van der Waals surface area contributed by atoms with Gasteiger partial charge in [0.15, 0.2) is 11.5 Å². The summed E-state index contributed by atoms with van der Waals surface area (Å²) in [6, 6.07) is 4.67. The molecule has 1 aromatic rings. The minimum atomic E-state index is 0. The number of phenols is 1. The predicted octanol–water partition coefficient (Wildman–Crippen LogP) is 1.16. The normalized spacial score (nSPS) is 9.00. The fraction of sp³-hybridized carbons (Fsp3) is 0.333. The van der Waals surface area contributed by atoms with Gasteiger partial charge in [-0.3, -0.25) is 0 Å². The molecule has 0 aliphatic carbocycles. The Hall–Kier alpha value is -1.13. The van der Waals surface area contributed by atoms with E-state index in [0.29, 0.717) is 24.7 Å². The van der Waals surface area contributed by atoms with Crippen LogP contribution >= 0.6 is 12.4 Å². The van der Waals surface area contributed by atoms with Gasteiger partial charge in [-0.1, -0.05) is 0 Å². The number of phenolic OH excluding ortho intramolecular Hbond substituents is 1. The Bertz CT molecular complexity index is 281. The minimum absolute atomic E-state index is 0. The molecule has 3 N–H and O–H groups in total. The van der Waals surface area contributed by atoms with Gasteiger partial charge in [-0.05, 0) is 12.1 Å². The van der Waals surface area contributed by atoms with E-state index >= 15 is 0 Å². The van der Waals surface area contributed by atoms with E-state index in [4.69, 9.17) is 20.3 Å². The number of nitrogens with two attached hydrogens (primary N) is 1. The molecule has 0 amide bonds. The first-order valence-corrected chi connectivity index (χ1v) is 3.98. The molecule has 0 unspecified atom stereocenters. The maximum Gasteiger partial charge on any atom is 0.164 e. The monoisotopic (exact) mass is 219 g/mol. The van der Waals surface area contributed by atoms with E-state index in [1.54, 1.807) is 13.2 Å². The molecule has 1 aromatic carbocycles.